The van der Waals surface area contributed by atoms with Crippen LogP contribution in [0.1, 0.15) is 29.0 Å². The highest BCUT2D eigenvalue weighted by Gasteiger charge is 2.52. The lowest BCUT2D eigenvalue weighted by atomic mass is 10.2. The van der Waals surface area contributed by atoms with E-state index >= 15 is 0 Å². The van der Waals surface area contributed by atoms with Gasteiger partial charge in [0, 0.05) is 5.69 Å². The second kappa shape index (κ2) is 3.94. The molecule has 0 spiro atoms. The summed E-state index contributed by atoms with van der Waals surface area (Å²) < 4.78 is 25.9. The summed E-state index contributed by atoms with van der Waals surface area (Å²) in [5.74, 6) is -0.536. The molecule has 0 radical (unpaired) electrons. The third-order valence-electron chi connectivity index (χ3n) is 2.66. The Bertz CT molecular complexity index is 428. The second-order valence-electron chi connectivity index (χ2n) is 3.92. The topological polar surface area (TPSA) is 57.8 Å². The summed E-state index contributed by atoms with van der Waals surface area (Å²) in [6.45, 7) is 1.77. The van der Waals surface area contributed by atoms with Crippen molar-refractivity contribution in [3.63, 3.8) is 0 Å². The highest BCUT2D eigenvalue weighted by molar-refractivity contribution is 14.1. The lowest BCUT2D eigenvalue weighted by molar-refractivity contribution is 0.0676. The molecule has 0 bridgehead atoms. The summed E-state index contributed by atoms with van der Waals surface area (Å²) in [6.07, 6.45) is -1.86. The normalized spacial score (nSPS) is 17.6. The van der Waals surface area contributed by atoms with E-state index < -0.39 is 17.9 Å². The number of halogens is 3. The number of nitrogens with one attached hydrogen (secondary N) is 2. The maximum atomic E-state index is 12.6. The molecule has 0 aliphatic heterocycles. The van der Waals surface area contributed by atoms with Crippen LogP contribution >= 0.6 is 22.6 Å². The molecule has 2 rings (SSSR count). The van der Waals surface area contributed by atoms with Crippen LogP contribution in [0.5, 0.6) is 0 Å². The third-order valence-corrected chi connectivity index (χ3v) is 3.98. The first-order valence-electron chi connectivity index (χ1n) is 4.77. The van der Waals surface area contributed by atoms with Gasteiger partial charge in [-0.05, 0) is 42.4 Å². The van der Waals surface area contributed by atoms with Crippen molar-refractivity contribution >= 4 is 28.5 Å². The zero-order chi connectivity index (χ0) is 11.9. The zero-order valence-electron chi connectivity index (χ0n) is 8.48. The Balaban J connectivity index is 2.12. The van der Waals surface area contributed by atoms with Gasteiger partial charge in [0.2, 0.25) is 0 Å². The number of carbonyl (C=O) groups excluding carboxylic acids is 1. The summed E-state index contributed by atoms with van der Waals surface area (Å²) in [5.41, 5.74) is -0.370. The van der Waals surface area contributed by atoms with E-state index in [1.807, 2.05) is 22.6 Å². The van der Waals surface area contributed by atoms with E-state index in [0.29, 0.717) is 16.4 Å². The van der Waals surface area contributed by atoms with Gasteiger partial charge in [-0.2, -0.15) is 5.10 Å². The summed E-state index contributed by atoms with van der Waals surface area (Å²) >= 11 is 1.96. The van der Waals surface area contributed by atoms with Gasteiger partial charge in [-0.15, -0.1) is 0 Å². The van der Waals surface area contributed by atoms with E-state index in [1.165, 1.54) is 0 Å². The van der Waals surface area contributed by atoms with Crippen molar-refractivity contribution in [3.05, 3.63) is 15.0 Å². The SMILES string of the molecule is Cc1[nH]nc(C(=O)NC2(C(F)F)CC2)c1I. The molecule has 0 saturated heterocycles. The molecule has 1 aromatic rings. The Kier molecular flexibility index (Phi) is 2.89. The minimum atomic E-state index is -2.52. The Morgan fingerprint density at radius 2 is 2.25 bits per heavy atom. The van der Waals surface area contributed by atoms with Gasteiger partial charge in [0.15, 0.2) is 5.69 Å². The monoisotopic (exact) mass is 341 g/mol. The van der Waals surface area contributed by atoms with E-state index in [4.69, 9.17) is 0 Å². The van der Waals surface area contributed by atoms with Crippen LogP contribution in [0, 0.1) is 10.5 Å². The molecule has 1 amide bonds. The number of hydrogen-bond acceptors (Lipinski definition) is 2. The number of nitrogens with zero attached hydrogens (tertiary/aromatic N) is 1. The van der Waals surface area contributed by atoms with Crippen molar-refractivity contribution in [2.24, 2.45) is 0 Å². The Morgan fingerprint density at radius 3 is 2.62 bits per heavy atom. The second-order valence-corrected chi connectivity index (χ2v) is 5.00. The van der Waals surface area contributed by atoms with Crippen molar-refractivity contribution in [1.82, 2.24) is 15.5 Å². The average Bonchev–Trinajstić information content (AvgIpc) is 2.91. The van der Waals surface area contributed by atoms with Gasteiger partial charge >= 0.3 is 0 Å². The van der Waals surface area contributed by atoms with Crippen molar-refractivity contribution in [2.75, 3.05) is 0 Å². The number of hydrogen-bond donors (Lipinski definition) is 2. The van der Waals surface area contributed by atoms with Crippen LogP contribution in [0.3, 0.4) is 0 Å². The fraction of sp³-hybridized carbons (Fsp3) is 0.556. The quantitative estimate of drug-likeness (QED) is 0.825. The molecule has 1 heterocycles. The first-order chi connectivity index (χ1) is 7.46. The standard InChI is InChI=1S/C9H10F2IN3O/c1-4-5(12)6(15-14-4)7(16)13-9(2-3-9)8(10)11/h8H,2-3H2,1H3,(H,13,16)(H,14,15). The Morgan fingerprint density at radius 1 is 1.62 bits per heavy atom. The van der Waals surface area contributed by atoms with Crippen molar-refractivity contribution in [3.8, 4) is 0 Å². The highest BCUT2D eigenvalue weighted by atomic mass is 127. The first-order valence-corrected chi connectivity index (χ1v) is 5.85. The van der Waals surface area contributed by atoms with Crippen LogP contribution in [-0.2, 0) is 0 Å². The number of amides is 1. The number of alkyl halides is 2. The van der Waals surface area contributed by atoms with Crippen LogP contribution in [0.25, 0.3) is 0 Å². The largest absolute Gasteiger partial charge is 0.339 e. The Labute approximate surface area is 104 Å². The van der Waals surface area contributed by atoms with E-state index in [2.05, 4.69) is 15.5 Å². The maximum absolute atomic E-state index is 12.6. The summed E-state index contributed by atoms with van der Waals surface area (Å²) in [4.78, 5) is 11.7. The molecule has 4 nitrogen and oxygen atoms in total. The van der Waals surface area contributed by atoms with Crippen molar-refractivity contribution in [1.29, 1.82) is 0 Å². The van der Waals surface area contributed by atoms with Gasteiger partial charge in [-0.3, -0.25) is 9.89 Å². The minimum absolute atomic E-state index is 0.185. The summed E-state index contributed by atoms with van der Waals surface area (Å²) in [7, 11) is 0. The molecule has 1 fully saturated rings. The van der Waals surface area contributed by atoms with Crippen LogP contribution in [0.2, 0.25) is 0 Å². The molecule has 0 unspecified atom stereocenters. The summed E-state index contributed by atoms with van der Waals surface area (Å²) in [5, 5.41) is 8.81. The molecule has 88 valence electrons. The predicted molar refractivity (Wildman–Crippen MR) is 61.5 cm³/mol. The number of carbonyl (C=O) groups is 1. The number of H-pyrrole nitrogens is 1. The first kappa shape index (κ1) is 11.7. The fourth-order valence-corrected chi connectivity index (χ4v) is 1.87. The predicted octanol–water partition coefficient (Wildman–Crippen LogP) is 1.85. The molecule has 16 heavy (non-hydrogen) atoms. The molecule has 1 saturated carbocycles. The molecular weight excluding hydrogens is 331 g/mol. The molecule has 0 atom stereocenters. The molecule has 1 aromatic heterocycles. The number of aryl methyl sites for hydroxylation is 1. The smallest absolute Gasteiger partial charge is 0.273 e. The van der Waals surface area contributed by atoms with Gasteiger partial charge < -0.3 is 5.32 Å². The van der Waals surface area contributed by atoms with E-state index in [1.54, 1.807) is 6.92 Å². The maximum Gasteiger partial charge on any atom is 0.273 e. The van der Waals surface area contributed by atoms with Gasteiger partial charge in [0.25, 0.3) is 12.3 Å². The average molecular weight is 341 g/mol. The van der Waals surface area contributed by atoms with E-state index in [-0.39, 0.29) is 5.69 Å². The van der Waals surface area contributed by atoms with Crippen LogP contribution in [-0.4, -0.2) is 28.1 Å². The fourth-order valence-electron chi connectivity index (χ4n) is 1.38. The molecule has 2 N–H and O–H groups in total. The highest BCUT2D eigenvalue weighted by Crippen LogP contribution is 2.41. The molecule has 7 heteroatoms. The zero-order valence-corrected chi connectivity index (χ0v) is 10.6. The third kappa shape index (κ3) is 1.92. The van der Waals surface area contributed by atoms with Crippen molar-refractivity contribution < 1.29 is 13.6 Å². The minimum Gasteiger partial charge on any atom is -0.339 e. The number of aromatic amines is 1. The van der Waals surface area contributed by atoms with E-state index in [9.17, 15) is 13.6 Å². The Hall–Kier alpha value is -0.730. The van der Waals surface area contributed by atoms with E-state index in [0.717, 1.165) is 5.69 Å². The van der Waals surface area contributed by atoms with Crippen LogP contribution in [0.4, 0.5) is 8.78 Å². The number of aromatic nitrogens is 2. The van der Waals surface area contributed by atoms with Crippen LogP contribution in [0.15, 0.2) is 0 Å². The lowest BCUT2D eigenvalue weighted by Crippen LogP contribution is -2.42. The molecule has 1 aliphatic rings. The number of rotatable bonds is 3. The van der Waals surface area contributed by atoms with Gasteiger partial charge in [-0.25, -0.2) is 8.78 Å². The van der Waals surface area contributed by atoms with Crippen molar-refractivity contribution in [2.45, 2.75) is 31.7 Å². The summed E-state index contributed by atoms with van der Waals surface area (Å²) in [6, 6.07) is 0. The van der Waals surface area contributed by atoms with Gasteiger partial charge in [0.1, 0.15) is 5.54 Å². The molecule has 1 aliphatic carbocycles. The molecular formula is C9H10F2IN3O. The molecule has 0 aromatic carbocycles. The van der Waals surface area contributed by atoms with Gasteiger partial charge in [0.05, 0.1) is 3.57 Å². The lowest BCUT2D eigenvalue weighted by Gasteiger charge is -2.15. The van der Waals surface area contributed by atoms with Gasteiger partial charge in [-0.1, -0.05) is 0 Å². The van der Waals surface area contributed by atoms with Crippen LogP contribution < -0.4 is 5.32 Å².